The van der Waals surface area contributed by atoms with Gasteiger partial charge in [-0.2, -0.15) is 0 Å². The van der Waals surface area contributed by atoms with E-state index in [2.05, 4.69) is 15.0 Å². The normalized spacial score (nSPS) is 32.5. The molecular formula is C16H25N5O9P2. The third-order valence-corrected chi connectivity index (χ3v) is 8.07. The molecule has 5 N–H and O–H groups in total. The fourth-order valence-corrected chi connectivity index (χ4v) is 6.36. The number of nitrogen functional groups attached to an aromatic ring is 1. The van der Waals surface area contributed by atoms with E-state index in [1.54, 1.807) is 13.8 Å². The molecule has 0 bridgehead atoms. The fourth-order valence-electron chi connectivity index (χ4n) is 4.05. The Bertz CT molecular complexity index is 1090. The van der Waals surface area contributed by atoms with Crippen molar-refractivity contribution in [2.75, 3.05) is 12.8 Å². The Morgan fingerprint density at radius 2 is 1.94 bits per heavy atom. The first kappa shape index (κ1) is 23.7. The number of phosphoric ester groups is 1. The Balaban J connectivity index is 1.70. The van der Waals surface area contributed by atoms with Gasteiger partial charge in [-0.15, -0.1) is 0 Å². The van der Waals surface area contributed by atoms with E-state index in [1.165, 1.54) is 24.3 Å². The van der Waals surface area contributed by atoms with Gasteiger partial charge in [-0.05, 0) is 20.3 Å². The fraction of sp³-hybridized carbons (Fsp3) is 0.688. The number of hydrogen-bond donors (Lipinski definition) is 4. The number of nitrogens with two attached hydrogens (primary N) is 1. The zero-order valence-electron chi connectivity index (χ0n) is 17.5. The van der Waals surface area contributed by atoms with Crippen molar-refractivity contribution < 1.29 is 42.3 Å². The predicted octanol–water partition coefficient (Wildman–Crippen LogP) is 0.798. The number of aromatic nitrogens is 4. The summed E-state index contributed by atoms with van der Waals surface area (Å²) in [6.45, 7) is 3.13. The van der Waals surface area contributed by atoms with Gasteiger partial charge in [0.15, 0.2) is 17.7 Å². The van der Waals surface area contributed by atoms with Crippen LogP contribution in [0, 0.1) is 5.92 Å². The second-order valence-electron chi connectivity index (χ2n) is 8.02. The Morgan fingerprint density at radius 1 is 1.22 bits per heavy atom. The van der Waals surface area contributed by atoms with Crippen molar-refractivity contribution in [3.8, 4) is 0 Å². The first-order valence-electron chi connectivity index (χ1n) is 9.79. The van der Waals surface area contributed by atoms with Crippen LogP contribution in [0.3, 0.4) is 0 Å². The summed E-state index contributed by atoms with van der Waals surface area (Å²) in [6.07, 6.45) is -1.81. The smallest absolute Gasteiger partial charge is 0.382 e. The maximum absolute atomic E-state index is 12.5. The molecule has 2 aliphatic rings. The molecular weight excluding hydrogens is 468 g/mol. The summed E-state index contributed by atoms with van der Waals surface area (Å²) >= 11 is 0. The number of fused-ring (bicyclic) bond motifs is 1. The lowest BCUT2D eigenvalue weighted by atomic mass is 10.1. The average molecular weight is 493 g/mol. The van der Waals surface area contributed by atoms with E-state index in [9.17, 15) is 23.8 Å². The van der Waals surface area contributed by atoms with Gasteiger partial charge in [0.25, 0.3) is 0 Å². The van der Waals surface area contributed by atoms with Gasteiger partial charge in [-0.3, -0.25) is 18.2 Å². The lowest BCUT2D eigenvalue weighted by molar-refractivity contribution is -0.0527. The first-order valence-corrected chi connectivity index (χ1v) is 13.0. The summed E-state index contributed by atoms with van der Waals surface area (Å²) in [4.78, 5) is 41.6. The number of imidazole rings is 1. The van der Waals surface area contributed by atoms with E-state index in [-0.39, 0.29) is 12.2 Å². The molecule has 2 aromatic heterocycles. The summed E-state index contributed by atoms with van der Waals surface area (Å²) < 4.78 is 48.0. The molecule has 32 heavy (non-hydrogen) atoms. The number of hydrogen-bond acceptors (Lipinski definition) is 10. The Kier molecular flexibility index (Phi) is 6.21. The van der Waals surface area contributed by atoms with Crippen LogP contribution in [0.5, 0.6) is 0 Å². The zero-order chi connectivity index (χ0) is 23.4. The van der Waals surface area contributed by atoms with Crippen molar-refractivity contribution >= 4 is 32.4 Å². The topological polar surface area (TPSA) is 201 Å². The van der Waals surface area contributed by atoms with Crippen LogP contribution in [-0.2, 0) is 27.7 Å². The number of anilines is 1. The lowest BCUT2D eigenvalue weighted by Gasteiger charge is -2.26. The molecule has 16 heteroatoms. The number of nitrogens with zero attached hydrogens (tertiary/aromatic N) is 4. The minimum Gasteiger partial charge on any atom is -0.382 e. The van der Waals surface area contributed by atoms with Crippen molar-refractivity contribution in [3.05, 3.63) is 12.7 Å². The molecule has 178 valence electrons. The molecule has 4 unspecified atom stereocenters. The SMILES string of the molecule is CO[C@H]1C(OP(=O)(O)OC(C)C)[C@@H](C2CC2P(=O)(O)O)O[C@H]1n1cnc2c(N)ncnc21. The molecule has 7 atom stereocenters. The Labute approximate surface area is 182 Å². The number of phosphoric acid groups is 1. The number of ether oxygens (including phenoxy) is 2. The van der Waals surface area contributed by atoms with Crippen molar-refractivity contribution in [2.45, 2.75) is 56.6 Å². The molecule has 3 heterocycles. The second kappa shape index (κ2) is 8.39. The summed E-state index contributed by atoms with van der Waals surface area (Å²) in [5, 5.41) is 0. The van der Waals surface area contributed by atoms with Crippen molar-refractivity contribution in [1.82, 2.24) is 19.5 Å². The van der Waals surface area contributed by atoms with Crippen LogP contribution < -0.4 is 5.73 Å². The standard InChI is InChI=1S/C16H25N5O9P2/c1-7(2)29-32(25,26)30-12-11(8-4-9(8)31(22,23)24)28-16(13(12)27-3)21-6-20-10-14(17)18-5-19-15(10)21/h5-9,11-13,16H,4H2,1-3H3,(H,25,26)(H2,17,18,19)(H2,22,23,24)/t8?,9?,11-,12?,13+,16-/m1/s1. The van der Waals surface area contributed by atoms with Crippen molar-refractivity contribution in [2.24, 2.45) is 5.92 Å². The third kappa shape index (κ3) is 4.47. The van der Waals surface area contributed by atoms with Crippen LogP contribution >= 0.6 is 15.4 Å². The summed E-state index contributed by atoms with van der Waals surface area (Å²) in [7, 11) is -7.56. The molecule has 0 spiro atoms. The minimum atomic E-state index is -4.54. The molecule has 0 amide bonds. The molecule has 1 saturated heterocycles. The first-order chi connectivity index (χ1) is 14.9. The van der Waals surface area contributed by atoms with Gasteiger partial charge in [-0.25, -0.2) is 19.5 Å². The van der Waals surface area contributed by atoms with Gasteiger partial charge in [0.2, 0.25) is 0 Å². The molecule has 0 aromatic carbocycles. The average Bonchev–Trinajstić information content (AvgIpc) is 3.24. The van der Waals surface area contributed by atoms with E-state index in [1.807, 2.05) is 0 Å². The third-order valence-electron chi connectivity index (χ3n) is 5.42. The van der Waals surface area contributed by atoms with Crippen LogP contribution in [-0.4, -0.2) is 71.4 Å². The predicted molar refractivity (Wildman–Crippen MR) is 109 cm³/mol. The Hall–Kier alpha value is -1.47. The van der Waals surface area contributed by atoms with Crippen LogP contribution in [0.25, 0.3) is 11.2 Å². The monoisotopic (exact) mass is 493 g/mol. The van der Waals surface area contributed by atoms with E-state index in [4.69, 9.17) is 24.3 Å². The van der Waals surface area contributed by atoms with Crippen LogP contribution in [0.1, 0.15) is 26.5 Å². The summed E-state index contributed by atoms with van der Waals surface area (Å²) in [5.41, 5.74) is 5.55. The van der Waals surface area contributed by atoms with Crippen molar-refractivity contribution in [1.29, 1.82) is 0 Å². The van der Waals surface area contributed by atoms with Gasteiger partial charge in [0, 0.05) is 13.0 Å². The largest absolute Gasteiger partial charge is 0.472 e. The number of rotatable bonds is 8. The van der Waals surface area contributed by atoms with Gasteiger partial charge in [-0.1, -0.05) is 0 Å². The van der Waals surface area contributed by atoms with Crippen LogP contribution in [0.2, 0.25) is 0 Å². The van der Waals surface area contributed by atoms with Gasteiger partial charge >= 0.3 is 15.4 Å². The maximum Gasteiger partial charge on any atom is 0.472 e. The molecule has 14 nitrogen and oxygen atoms in total. The van der Waals surface area contributed by atoms with Crippen LogP contribution in [0.15, 0.2) is 12.7 Å². The van der Waals surface area contributed by atoms with E-state index in [0.29, 0.717) is 11.2 Å². The highest BCUT2D eigenvalue weighted by molar-refractivity contribution is 7.53. The van der Waals surface area contributed by atoms with E-state index in [0.717, 1.165) is 0 Å². The van der Waals surface area contributed by atoms with Gasteiger partial charge < -0.3 is 29.9 Å². The molecule has 4 rings (SSSR count). The maximum atomic E-state index is 12.5. The highest BCUT2D eigenvalue weighted by atomic mass is 31.2. The summed E-state index contributed by atoms with van der Waals surface area (Å²) in [6, 6.07) is 0. The quantitative estimate of drug-likeness (QED) is 0.376. The number of methoxy groups -OCH3 is 1. The van der Waals surface area contributed by atoms with Crippen molar-refractivity contribution in [3.63, 3.8) is 0 Å². The van der Waals surface area contributed by atoms with Gasteiger partial charge in [0.05, 0.1) is 24.2 Å². The molecule has 2 aromatic rings. The Morgan fingerprint density at radius 3 is 2.53 bits per heavy atom. The molecule has 2 fully saturated rings. The highest BCUT2D eigenvalue weighted by Gasteiger charge is 2.62. The molecule has 1 aliphatic heterocycles. The highest BCUT2D eigenvalue weighted by Crippen LogP contribution is 2.63. The minimum absolute atomic E-state index is 0.152. The lowest BCUT2D eigenvalue weighted by Crippen LogP contribution is -2.37. The van der Waals surface area contributed by atoms with Crippen LogP contribution in [0.4, 0.5) is 5.82 Å². The van der Waals surface area contributed by atoms with E-state index >= 15 is 0 Å². The zero-order valence-corrected chi connectivity index (χ0v) is 19.2. The van der Waals surface area contributed by atoms with Gasteiger partial charge in [0.1, 0.15) is 24.1 Å². The molecule has 0 radical (unpaired) electrons. The molecule has 1 saturated carbocycles. The second-order valence-corrected chi connectivity index (χ2v) is 11.2. The summed E-state index contributed by atoms with van der Waals surface area (Å²) in [5.74, 6) is -0.462. The van der Waals surface area contributed by atoms with E-state index < -0.39 is 57.6 Å². The molecule has 1 aliphatic carbocycles.